The number of esters is 1. The van der Waals surface area contributed by atoms with Gasteiger partial charge >= 0.3 is 12.1 Å². The minimum absolute atomic E-state index is 0.0185. The van der Waals surface area contributed by atoms with E-state index in [1.54, 1.807) is 0 Å². The zero-order valence-electron chi connectivity index (χ0n) is 11.3. The van der Waals surface area contributed by atoms with Gasteiger partial charge in [-0.3, -0.25) is 0 Å². The third-order valence-corrected chi connectivity index (χ3v) is 3.24. The molecule has 0 saturated carbocycles. The van der Waals surface area contributed by atoms with E-state index in [2.05, 4.69) is 6.58 Å². The van der Waals surface area contributed by atoms with Crippen LogP contribution in [0.4, 0.5) is 13.2 Å². The first-order valence-electron chi connectivity index (χ1n) is 6.12. The summed E-state index contributed by atoms with van der Waals surface area (Å²) in [6, 6.07) is 0. The van der Waals surface area contributed by atoms with Crippen molar-refractivity contribution < 1.29 is 22.7 Å². The van der Waals surface area contributed by atoms with E-state index in [-0.39, 0.29) is 11.8 Å². The molecule has 0 amide bonds. The van der Waals surface area contributed by atoms with Crippen LogP contribution in [0.3, 0.4) is 0 Å². The molecule has 0 rings (SSSR count). The molecule has 2 unspecified atom stereocenters. The lowest BCUT2D eigenvalue weighted by molar-refractivity contribution is -0.160. The van der Waals surface area contributed by atoms with Crippen LogP contribution in [0.15, 0.2) is 12.2 Å². The predicted molar refractivity (Wildman–Crippen MR) is 64.0 cm³/mol. The second kappa shape index (κ2) is 6.81. The summed E-state index contributed by atoms with van der Waals surface area (Å²) < 4.78 is 41.9. The maximum absolute atomic E-state index is 12.3. The lowest BCUT2D eigenvalue weighted by Crippen LogP contribution is -2.33. The lowest BCUT2D eigenvalue weighted by Gasteiger charge is -2.28. The quantitative estimate of drug-likeness (QED) is 0.534. The first kappa shape index (κ1) is 17.0. The van der Waals surface area contributed by atoms with E-state index < -0.39 is 23.8 Å². The van der Waals surface area contributed by atoms with Gasteiger partial charge in [-0.25, -0.2) is 4.79 Å². The van der Waals surface area contributed by atoms with Crippen LogP contribution in [0.25, 0.3) is 0 Å². The molecule has 0 fully saturated rings. The van der Waals surface area contributed by atoms with Gasteiger partial charge in [0.15, 0.2) is 0 Å². The summed E-state index contributed by atoms with van der Waals surface area (Å²) in [6.45, 7) is 10.3. The van der Waals surface area contributed by atoms with Crippen molar-refractivity contribution in [2.45, 2.75) is 52.8 Å². The molecule has 2 atom stereocenters. The molecule has 0 saturated heterocycles. The number of rotatable bonds is 6. The Morgan fingerprint density at radius 1 is 1.17 bits per heavy atom. The van der Waals surface area contributed by atoms with Crippen molar-refractivity contribution in [1.82, 2.24) is 0 Å². The Bertz CT molecular complexity index is 287. The number of hydrogen-bond donors (Lipinski definition) is 0. The Balaban J connectivity index is 4.79. The highest BCUT2D eigenvalue weighted by Gasteiger charge is 2.39. The summed E-state index contributed by atoms with van der Waals surface area (Å²) in [4.78, 5) is 11.4. The maximum Gasteiger partial charge on any atom is 0.422 e. The van der Waals surface area contributed by atoms with Crippen LogP contribution in [0.1, 0.15) is 40.5 Å². The number of alkyl halides is 3. The van der Waals surface area contributed by atoms with E-state index in [0.717, 1.165) is 12.8 Å². The van der Waals surface area contributed by atoms with Crippen LogP contribution in [0, 0.1) is 11.8 Å². The normalized spacial score (nSPS) is 16.8. The van der Waals surface area contributed by atoms with Gasteiger partial charge in [-0.2, -0.15) is 13.2 Å². The van der Waals surface area contributed by atoms with Gasteiger partial charge in [0.05, 0.1) is 0 Å². The third-order valence-electron chi connectivity index (χ3n) is 3.24. The van der Waals surface area contributed by atoms with Gasteiger partial charge in [-0.05, 0) is 11.8 Å². The van der Waals surface area contributed by atoms with Crippen molar-refractivity contribution in [3.8, 4) is 0 Å². The second-order valence-corrected chi connectivity index (χ2v) is 4.62. The third kappa shape index (κ3) is 4.70. The van der Waals surface area contributed by atoms with E-state index >= 15 is 0 Å². The smallest absolute Gasteiger partial charge is 0.422 e. The summed E-state index contributed by atoms with van der Waals surface area (Å²) in [5.74, 6) is -1.33. The van der Waals surface area contributed by atoms with Gasteiger partial charge in [0.25, 0.3) is 0 Å². The fourth-order valence-electron chi connectivity index (χ4n) is 1.57. The number of ether oxygens (including phenoxy) is 1. The molecule has 0 aliphatic heterocycles. The van der Waals surface area contributed by atoms with Crippen LogP contribution in [-0.4, -0.2) is 18.2 Å². The molecule has 0 N–H and O–H groups in total. The number of halogens is 3. The van der Waals surface area contributed by atoms with E-state index in [1.807, 2.05) is 27.7 Å². The van der Waals surface area contributed by atoms with Crippen LogP contribution >= 0.6 is 0 Å². The van der Waals surface area contributed by atoms with Gasteiger partial charge in [-0.15, -0.1) is 0 Å². The summed E-state index contributed by atoms with van der Waals surface area (Å²) in [6.07, 6.45) is -3.76. The molecule has 0 spiro atoms. The topological polar surface area (TPSA) is 26.3 Å². The van der Waals surface area contributed by atoms with Crippen molar-refractivity contribution >= 4 is 5.97 Å². The van der Waals surface area contributed by atoms with Crippen molar-refractivity contribution in [3.63, 3.8) is 0 Å². The van der Waals surface area contributed by atoms with E-state index in [1.165, 1.54) is 0 Å². The largest absolute Gasteiger partial charge is 0.458 e. The monoisotopic (exact) mass is 266 g/mol. The summed E-state index contributed by atoms with van der Waals surface area (Å²) in [5.41, 5.74) is -1.45. The van der Waals surface area contributed by atoms with Crippen LogP contribution in [0.2, 0.25) is 0 Å². The highest BCUT2D eigenvalue weighted by molar-refractivity contribution is 5.89. The van der Waals surface area contributed by atoms with Crippen molar-refractivity contribution in [2.75, 3.05) is 0 Å². The highest BCUT2D eigenvalue weighted by atomic mass is 19.4. The molecule has 0 bridgehead atoms. The zero-order valence-corrected chi connectivity index (χ0v) is 11.3. The molecule has 0 aliphatic rings. The lowest BCUT2D eigenvalue weighted by atomic mass is 9.90. The van der Waals surface area contributed by atoms with Crippen molar-refractivity contribution in [2.24, 2.45) is 11.8 Å². The fraction of sp³-hybridized carbons (Fsp3) is 0.769. The van der Waals surface area contributed by atoms with Crippen LogP contribution in [-0.2, 0) is 9.53 Å². The molecular formula is C13H21F3O2. The number of carbonyl (C=O) groups excluding carboxylic acids is 1. The molecule has 2 nitrogen and oxygen atoms in total. The predicted octanol–water partition coefficient (Wildman–Crippen LogP) is 4.11. The van der Waals surface area contributed by atoms with E-state index in [9.17, 15) is 18.0 Å². The molecular weight excluding hydrogens is 245 g/mol. The summed E-state index contributed by atoms with van der Waals surface area (Å²) >= 11 is 0. The average Bonchev–Trinajstić information content (AvgIpc) is 2.31. The van der Waals surface area contributed by atoms with Gasteiger partial charge in [0, 0.05) is 0 Å². The molecule has 0 radical (unpaired) electrons. The van der Waals surface area contributed by atoms with E-state index in [4.69, 9.17) is 4.74 Å². The number of hydrogen-bond acceptors (Lipinski definition) is 2. The molecule has 0 aromatic heterocycles. The first-order valence-corrected chi connectivity index (χ1v) is 6.12. The molecule has 0 heterocycles. The highest BCUT2D eigenvalue weighted by Crippen LogP contribution is 2.28. The Morgan fingerprint density at radius 3 is 1.83 bits per heavy atom. The van der Waals surface area contributed by atoms with E-state index in [0.29, 0.717) is 0 Å². The SMILES string of the molecule is C=C(C(=O)OC(C(C)CC)C(C)CC)C(F)(F)F. The molecule has 18 heavy (non-hydrogen) atoms. The first-order chi connectivity index (χ1) is 8.15. The Kier molecular flexibility index (Phi) is 6.43. The van der Waals surface area contributed by atoms with Gasteiger partial charge < -0.3 is 4.74 Å². The van der Waals surface area contributed by atoms with Crippen molar-refractivity contribution in [3.05, 3.63) is 12.2 Å². The minimum atomic E-state index is -4.73. The Labute approximate surface area is 106 Å². The standard InChI is InChI=1S/C13H21F3O2/c1-6-8(3)11(9(4)7-2)18-12(17)10(5)13(14,15)16/h8-9,11H,5-7H2,1-4H3. The Hall–Kier alpha value is -1.00. The second-order valence-electron chi connectivity index (χ2n) is 4.62. The summed E-state index contributed by atoms with van der Waals surface area (Å²) in [7, 11) is 0. The minimum Gasteiger partial charge on any atom is -0.458 e. The average molecular weight is 266 g/mol. The molecule has 106 valence electrons. The van der Waals surface area contributed by atoms with Gasteiger partial charge in [-0.1, -0.05) is 47.1 Å². The molecule has 0 aliphatic carbocycles. The summed E-state index contributed by atoms with van der Waals surface area (Å²) in [5, 5.41) is 0. The molecule has 0 aromatic carbocycles. The fourth-order valence-corrected chi connectivity index (χ4v) is 1.57. The maximum atomic E-state index is 12.3. The number of carbonyl (C=O) groups is 1. The molecule has 0 aromatic rings. The molecule has 5 heteroatoms. The zero-order chi connectivity index (χ0) is 14.5. The Morgan fingerprint density at radius 2 is 1.56 bits per heavy atom. The van der Waals surface area contributed by atoms with Crippen LogP contribution < -0.4 is 0 Å². The van der Waals surface area contributed by atoms with Gasteiger partial charge in [0.2, 0.25) is 0 Å². The van der Waals surface area contributed by atoms with Gasteiger partial charge in [0.1, 0.15) is 11.7 Å². The van der Waals surface area contributed by atoms with Crippen LogP contribution in [0.5, 0.6) is 0 Å². The van der Waals surface area contributed by atoms with Crippen molar-refractivity contribution in [1.29, 1.82) is 0 Å².